The maximum absolute atomic E-state index is 12.0. The van der Waals surface area contributed by atoms with Gasteiger partial charge in [-0.3, -0.25) is 0 Å². The van der Waals surface area contributed by atoms with Crippen LogP contribution in [0.25, 0.3) is 0 Å². The molecule has 24 heavy (non-hydrogen) atoms. The minimum atomic E-state index is -3.66. The minimum Gasteiger partial charge on any atom is -0.368 e. The molecule has 3 N–H and O–H groups in total. The first-order chi connectivity index (χ1) is 11.3. The summed E-state index contributed by atoms with van der Waals surface area (Å²) in [6.07, 6.45) is 0. The Morgan fingerprint density at radius 2 is 1.71 bits per heavy atom. The van der Waals surface area contributed by atoms with Crippen LogP contribution in [-0.4, -0.2) is 18.7 Å². The molecule has 0 bridgehead atoms. The van der Waals surface area contributed by atoms with Crippen LogP contribution in [0.4, 0.5) is 11.8 Å². The molecular formula is C14H15BrN4O4S. The van der Waals surface area contributed by atoms with E-state index in [2.05, 4.69) is 35.5 Å². The quantitative estimate of drug-likeness (QED) is 0.674. The fourth-order valence-corrected chi connectivity index (χ4v) is 3.62. The number of anilines is 2. The lowest BCUT2D eigenvalue weighted by Gasteiger charge is -2.05. The highest BCUT2D eigenvalue weighted by molar-refractivity contribution is 9.10. The maximum atomic E-state index is 12.0. The molecule has 0 unspecified atom stereocenters. The van der Waals surface area contributed by atoms with Gasteiger partial charge in [0.25, 0.3) is 10.0 Å². The lowest BCUT2D eigenvalue weighted by atomic mass is 10.4. The SMILES string of the molecule is Cc1cc(N)on1.Cc1cc(NS(=O)(=O)c2ccccc2Br)on1. The number of nitrogens with two attached hydrogens (primary N) is 1. The Labute approximate surface area is 147 Å². The van der Waals surface area contributed by atoms with Crippen LogP contribution in [0.5, 0.6) is 0 Å². The van der Waals surface area contributed by atoms with E-state index >= 15 is 0 Å². The Kier molecular flexibility index (Phi) is 5.62. The van der Waals surface area contributed by atoms with E-state index in [1.165, 1.54) is 12.1 Å². The topological polar surface area (TPSA) is 124 Å². The van der Waals surface area contributed by atoms with Gasteiger partial charge in [0, 0.05) is 16.6 Å². The van der Waals surface area contributed by atoms with Crippen molar-refractivity contribution in [2.45, 2.75) is 18.7 Å². The van der Waals surface area contributed by atoms with Crippen molar-refractivity contribution in [2.24, 2.45) is 0 Å². The van der Waals surface area contributed by atoms with E-state index in [0.29, 0.717) is 16.1 Å². The Morgan fingerprint density at radius 1 is 1.08 bits per heavy atom. The lowest BCUT2D eigenvalue weighted by Crippen LogP contribution is -2.12. The summed E-state index contributed by atoms with van der Waals surface area (Å²) in [5.74, 6) is 0.468. The lowest BCUT2D eigenvalue weighted by molar-refractivity contribution is 0.430. The first-order valence-corrected chi connectivity index (χ1v) is 8.95. The van der Waals surface area contributed by atoms with E-state index in [-0.39, 0.29) is 10.8 Å². The van der Waals surface area contributed by atoms with Gasteiger partial charge in [-0.2, -0.15) is 0 Å². The van der Waals surface area contributed by atoms with Gasteiger partial charge in [-0.1, -0.05) is 22.4 Å². The zero-order chi connectivity index (χ0) is 17.7. The van der Waals surface area contributed by atoms with Crippen LogP contribution in [0.15, 0.2) is 54.8 Å². The molecule has 1 aromatic carbocycles. The van der Waals surface area contributed by atoms with E-state index < -0.39 is 10.0 Å². The van der Waals surface area contributed by atoms with Gasteiger partial charge in [0.1, 0.15) is 4.90 Å². The molecule has 0 aliphatic carbocycles. The highest BCUT2D eigenvalue weighted by atomic mass is 79.9. The molecular weight excluding hydrogens is 400 g/mol. The molecule has 128 valence electrons. The Hall–Kier alpha value is -2.33. The summed E-state index contributed by atoms with van der Waals surface area (Å²) in [5.41, 5.74) is 6.57. The third kappa shape index (κ3) is 4.83. The number of aryl methyl sites for hydroxylation is 2. The van der Waals surface area contributed by atoms with Crippen molar-refractivity contribution in [2.75, 3.05) is 10.5 Å². The van der Waals surface area contributed by atoms with Crippen LogP contribution < -0.4 is 10.5 Å². The van der Waals surface area contributed by atoms with Crippen molar-refractivity contribution < 1.29 is 17.5 Å². The highest BCUT2D eigenvalue weighted by Gasteiger charge is 2.18. The fraction of sp³-hybridized carbons (Fsp3) is 0.143. The molecule has 0 amide bonds. The number of benzene rings is 1. The summed E-state index contributed by atoms with van der Waals surface area (Å²) in [4.78, 5) is 0.147. The molecule has 0 saturated heterocycles. The monoisotopic (exact) mass is 414 g/mol. The third-order valence-corrected chi connectivity index (χ3v) is 4.99. The van der Waals surface area contributed by atoms with E-state index in [4.69, 9.17) is 10.3 Å². The summed E-state index contributed by atoms with van der Waals surface area (Å²) in [5, 5.41) is 7.12. The molecule has 0 atom stereocenters. The summed E-state index contributed by atoms with van der Waals surface area (Å²) in [7, 11) is -3.66. The molecule has 10 heteroatoms. The number of halogens is 1. The van der Waals surface area contributed by atoms with Gasteiger partial charge in [0.2, 0.25) is 11.8 Å². The van der Waals surface area contributed by atoms with Gasteiger partial charge in [-0.05, 0) is 41.9 Å². The summed E-state index contributed by atoms with van der Waals surface area (Å²) in [6.45, 7) is 3.53. The second kappa shape index (κ2) is 7.49. The largest absolute Gasteiger partial charge is 0.368 e. The predicted octanol–water partition coefficient (Wildman–Crippen LogP) is 3.11. The normalized spacial score (nSPS) is 10.8. The van der Waals surface area contributed by atoms with Crippen LogP contribution in [0, 0.1) is 13.8 Å². The number of sulfonamides is 1. The second-order valence-electron chi connectivity index (χ2n) is 4.74. The summed E-state index contributed by atoms with van der Waals surface area (Å²) >= 11 is 3.19. The van der Waals surface area contributed by atoms with Crippen molar-refractivity contribution in [3.05, 3.63) is 52.3 Å². The van der Waals surface area contributed by atoms with Crippen molar-refractivity contribution >= 4 is 37.7 Å². The van der Waals surface area contributed by atoms with Gasteiger partial charge in [0.05, 0.1) is 11.4 Å². The van der Waals surface area contributed by atoms with Gasteiger partial charge in [0.15, 0.2) is 0 Å². The van der Waals surface area contributed by atoms with Crippen molar-refractivity contribution in [1.82, 2.24) is 10.3 Å². The molecule has 8 nitrogen and oxygen atoms in total. The van der Waals surface area contributed by atoms with Crippen molar-refractivity contribution in [3.8, 4) is 0 Å². The summed E-state index contributed by atoms with van der Waals surface area (Å²) in [6, 6.07) is 9.71. The number of nitrogens with zero attached hydrogens (tertiary/aromatic N) is 2. The number of hydrogen-bond acceptors (Lipinski definition) is 7. The Morgan fingerprint density at radius 3 is 2.17 bits per heavy atom. The Balaban J connectivity index is 0.000000249. The van der Waals surface area contributed by atoms with Gasteiger partial charge in [-0.25, -0.2) is 13.1 Å². The van der Waals surface area contributed by atoms with Crippen LogP contribution >= 0.6 is 15.9 Å². The number of nitrogens with one attached hydrogen (secondary N) is 1. The van der Waals surface area contributed by atoms with E-state index in [1.54, 1.807) is 31.2 Å². The van der Waals surface area contributed by atoms with Gasteiger partial charge < -0.3 is 14.8 Å². The number of hydrogen-bond donors (Lipinski definition) is 2. The maximum Gasteiger partial charge on any atom is 0.265 e. The van der Waals surface area contributed by atoms with E-state index in [1.807, 2.05) is 6.92 Å². The van der Waals surface area contributed by atoms with Crippen molar-refractivity contribution in [1.29, 1.82) is 0 Å². The first kappa shape index (κ1) is 18.0. The first-order valence-electron chi connectivity index (χ1n) is 6.67. The number of nitrogen functional groups attached to an aromatic ring is 1. The highest BCUT2D eigenvalue weighted by Crippen LogP contribution is 2.23. The van der Waals surface area contributed by atoms with Crippen LogP contribution in [-0.2, 0) is 10.0 Å². The molecule has 2 heterocycles. The van der Waals surface area contributed by atoms with Crippen LogP contribution in [0.3, 0.4) is 0 Å². The van der Waals surface area contributed by atoms with Crippen LogP contribution in [0.1, 0.15) is 11.4 Å². The molecule has 2 aromatic heterocycles. The van der Waals surface area contributed by atoms with Crippen LogP contribution in [0.2, 0.25) is 0 Å². The van der Waals surface area contributed by atoms with Gasteiger partial charge >= 0.3 is 0 Å². The molecule has 3 rings (SSSR count). The zero-order valence-corrected chi connectivity index (χ0v) is 15.3. The van der Waals surface area contributed by atoms with Gasteiger partial charge in [-0.15, -0.1) is 0 Å². The molecule has 0 fully saturated rings. The second-order valence-corrected chi connectivity index (χ2v) is 7.24. The minimum absolute atomic E-state index is 0.0956. The average molecular weight is 415 g/mol. The molecule has 0 radical (unpaired) electrons. The standard InChI is InChI=1S/C10H9BrN2O3S.C4H6N2O/c1-7-6-10(16-12-7)13-17(14,15)9-5-3-2-4-8(9)11;1-3-2-4(5)7-6-3/h2-6,13H,1H3;2H,5H2,1H3. The molecule has 3 aromatic rings. The number of aromatic nitrogens is 2. The van der Waals surface area contributed by atoms with E-state index in [9.17, 15) is 8.42 Å². The molecule has 0 aliphatic rings. The predicted molar refractivity (Wildman–Crippen MR) is 91.8 cm³/mol. The molecule has 0 aliphatic heterocycles. The fourth-order valence-electron chi connectivity index (χ4n) is 1.65. The third-order valence-electron chi connectivity index (χ3n) is 2.64. The smallest absolute Gasteiger partial charge is 0.265 e. The average Bonchev–Trinajstić information content (AvgIpc) is 3.07. The van der Waals surface area contributed by atoms with Crippen molar-refractivity contribution in [3.63, 3.8) is 0 Å². The zero-order valence-electron chi connectivity index (χ0n) is 12.9. The molecule has 0 spiro atoms. The molecule has 0 saturated carbocycles. The van der Waals surface area contributed by atoms with E-state index in [0.717, 1.165) is 5.69 Å². The summed E-state index contributed by atoms with van der Waals surface area (Å²) < 4.78 is 36.1. The number of rotatable bonds is 3. The Bertz CT molecular complexity index is 904.